The molecule has 2 nitrogen and oxygen atoms in total. The van der Waals surface area contributed by atoms with Gasteiger partial charge in [0.1, 0.15) is 17.1 Å². The summed E-state index contributed by atoms with van der Waals surface area (Å²) in [5.74, 6) is 0.478. The van der Waals surface area contributed by atoms with E-state index in [-0.39, 0.29) is 0 Å². The predicted octanol–water partition coefficient (Wildman–Crippen LogP) is 4.26. The average Bonchev–Trinajstić information content (AvgIpc) is 2.39. The third-order valence-electron chi connectivity index (χ3n) is 2.69. The molecule has 2 aromatic carbocycles. The molecule has 0 bridgehead atoms. The van der Waals surface area contributed by atoms with Crippen molar-refractivity contribution in [3.63, 3.8) is 0 Å². The Hall–Kier alpha value is -1.68. The van der Waals surface area contributed by atoms with E-state index in [4.69, 9.17) is 4.74 Å². The fourth-order valence-electron chi connectivity index (χ4n) is 1.81. The zero-order valence-electron chi connectivity index (χ0n) is 9.31. The van der Waals surface area contributed by atoms with Crippen LogP contribution >= 0.6 is 15.9 Å². The van der Waals surface area contributed by atoms with Crippen LogP contribution in [0.3, 0.4) is 0 Å². The van der Waals surface area contributed by atoms with E-state index in [9.17, 15) is 4.39 Å². The first-order chi connectivity index (χ1) is 8.74. The summed E-state index contributed by atoms with van der Waals surface area (Å²) >= 11 is 3.35. The summed E-state index contributed by atoms with van der Waals surface area (Å²) < 4.78 is 20.1. The van der Waals surface area contributed by atoms with Crippen molar-refractivity contribution in [2.75, 3.05) is 0 Å². The SMILES string of the molecule is FC1Oc2ccccc2N=C1c1ccc(Br)cc1. The number of benzene rings is 2. The minimum Gasteiger partial charge on any atom is -0.452 e. The quantitative estimate of drug-likeness (QED) is 0.771. The van der Waals surface area contributed by atoms with Crippen molar-refractivity contribution in [2.24, 2.45) is 4.99 Å². The zero-order chi connectivity index (χ0) is 12.5. The molecule has 0 N–H and O–H groups in total. The molecule has 1 aliphatic heterocycles. The van der Waals surface area contributed by atoms with Gasteiger partial charge in [0, 0.05) is 10.0 Å². The van der Waals surface area contributed by atoms with Crippen LogP contribution in [0, 0.1) is 0 Å². The Bertz CT molecular complexity index is 609. The first kappa shape index (κ1) is 11.4. The van der Waals surface area contributed by atoms with E-state index in [1.54, 1.807) is 18.2 Å². The van der Waals surface area contributed by atoms with Gasteiger partial charge < -0.3 is 4.74 Å². The minimum absolute atomic E-state index is 0.307. The van der Waals surface area contributed by atoms with Crippen molar-refractivity contribution in [3.8, 4) is 5.75 Å². The topological polar surface area (TPSA) is 21.6 Å². The Balaban J connectivity index is 2.07. The number of hydrogen-bond acceptors (Lipinski definition) is 2. The lowest BCUT2D eigenvalue weighted by Gasteiger charge is -2.20. The van der Waals surface area contributed by atoms with E-state index in [0.29, 0.717) is 17.1 Å². The second-order valence-corrected chi connectivity index (χ2v) is 4.82. The molecule has 90 valence electrons. The first-order valence-corrected chi connectivity index (χ1v) is 6.27. The van der Waals surface area contributed by atoms with Crippen LogP contribution < -0.4 is 4.74 Å². The van der Waals surface area contributed by atoms with Crippen molar-refractivity contribution < 1.29 is 9.13 Å². The van der Waals surface area contributed by atoms with Gasteiger partial charge in [-0.1, -0.05) is 40.2 Å². The second kappa shape index (κ2) is 4.53. The molecule has 0 saturated carbocycles. The van der Waals surface area contributed by atoms with Gasteiger partial charge in [-0.05, 0) is 24.3 Å². The van der Waals surface area contributed by atoms with Crippen LogP contribution in [0.15, 0.2) is 58.0 Å². The Morgan fingerprint density at radius 2 is 1.78 bits per heavy atom. The largest absolute Gasteiger partial charge is 0.452 e. The van der Waals surface area contributed by atoms with Crippen LogP contribution in [0.5, 0.6) is 5.75 Å². The molecule has 1 heterocycles. The summed E-state index contributed by atoms with van der Waals surface area (Å²) in [5, 5.41) is 0. The number of nitrogens with zero attached hydrogens (tertiary/aromatic N) is 1. The van der Waals surface area contributed by atoms with E-state index in [2.05, 4.69) is 20.9 Å². The third-order valence-corrected chi connectivity index (χ3v) is 3.22. The number of fused-ring (bicyclic) bond motifs is 1. The summed E-state index contributed by atoms with van der Waals surface area (Å²) in [6.45, 7) is 0. The molecule has 1 atom stereocenters. The normalized spacial score (nSPS) is 17.7. The molecule has 0 aliphatic carbocycles. The van der Waals surface area contributed by atoms with Gasteiger partial charge in [-0.15, -0.1) is 0 Å². The molecule has 1 aliphatic rings. The maximum absolute atomic E-state index is 13.9. The van der Waals surface area contributed by atoms with Gasteiger partial charge in [0.2, 0.25) is 0 Å². The summed E-state index contributed by atoms with van der Waals surface area (Å²) in [4.78, 5) is 4.33. The standard InChI is InChI=1S/C14H9BrFNO/c15-10-7-5-9(6-8-10)13-14(16)18-12-4-2-1-3-11(12)17-13/h1-8,14H. The molecule has 18 heavy (non-hydrogen) atoms. The van der Waals surface area contributed by atoms with Crippen molar-refractivity contribution in [1.29, 1.82) is 0 Å². The smallest absolute Gasteiger partial charge is 0.281 e. The highest BCUT2D eigenvalue weighted by atomic mass is 79.9. The predicted molar refractivity (Wildman–Crippen MR) is 72.3 cm³/mol. The monoisotopic (exact) mass is 305 g/mol. The first-order valence-electron chi connectivity index (χ1n) is 5.48. The number of alkyl halides is 1. The van der Waals surface area contributed by atoms with Gasteiger partial charge >= 0.3 is 0 Å². The highest BCUT2D eigenvalue weighted by Gasteiger charge is 2.24. The molecule has 0 saturated heterocycles. The Morgan fingerprint density at radius 1 is 1.06 bits per heavy atom. The van der Waals surface area contributed by atoms with Gasteiger partial charge in [0.05, 0.1) is 0 Å². The number of rotatable bonds is 1. The highest BCUT2D eigenvalue weighted by Crippen LogP contribution is 2.33. The van der Waals surface area contributed by atoms with Gasteiger partial charge in [0.15, 0.2) is 0 Å². The summed E-state index contributed by atoms with van der Waals surface area (Å²) in [7, 11) is 0. The van der Waals surface area contributed by atoms with E-state index < -0.39 is 6.36 Å². The Labute approximate surface area is 112 Å². The Kier molecular flexibility index (Phi) is 2.88. The van der Waals surface area contributed by atoms with Crippen LogP contribution in [0.2, 0.25) is 0 Å². The van der Waals surface area contributed by atoms with Gasteiger partial charge in [-0.2, -0.15) is 4.39 Å². The maximum Gasteiger partial charge on any atom is 0.281 e. The van der Waals surface area contributed by atoms with Crippen LogP contribution in [0.1, 0.15) is 5.56 Å². The van der Waals surface area contributed by atoms with E-state index in [1.807, 2.05) is 30.3 Å². The number of ether oxygens (including phenoxy) is 1. The van der Waals surface area contributed by atoms with Crippen LogP contribution in [-0.2, 0) is 0 Å². The van der Waals surface area contributed by atoms with Crippen LogP contribution in [0.25, 0.3) is 0 Å². The van der Waals surface area contributed by atoms with Gasteiger partial charge in [-0.3, -0.25) is 0 Å². The van der Waals surface area contributed by atoms with Crippen LogP contribution in [-0.4, -0.2) is 12.1 Å². The van der Waals surface area contributed by atoms with E-state index in [1.165, 1.54) is 0 Å². The van der Waals surface area contributed by atoms with Gasteiger partial charge in [0.25, 0.3) is 6.36 Å². The van der Waals surface area contributed by atoms with E-state index in [0.717, 1.165) is 10.0 Å². The van der Waals surface area contributed by atoms with Crippen molar-refractivity contribution >= 4 is 27.3 Å². The number of hydrogen-bond donors (Lipinski definition) is 0. The maximum atomic E-state index is 13.9. The molecular formula is C14H9BrFNO. The summed E-state index contributed by atoms with van der Waals surface area (Å²) in [6, 6.07) is 14.5. The highest BCUT2D eigenvalue weighted by molar-refractivity contribution is 9.10. The summed E-state index contributed by atoms with van der Waals surface area (Å²) in [5.41, 5.74) is 1.69. The molecule has 0 radical (unpaired) electrons. The Morgan fingerprint density at radius 3 is 2.56 bits per heavy atom. The molecule has 2 aromatic rings. The molecule has 0 aromatic heterocycles. The van der Waals surface area contributed by atoms with Gasteiger partial charge in [-0.25, -0.2) is 4.99 Å². The number of halogens is 2. The summed E-state index contributed by atoms with van der Waals surface area (Å²) in [6.07, 6.45) is -1.53. The second-order valence-electron chi connectivity index (χ2n) is 3.91. The molecule has 0 spiro atoms. The lowest BCUT2D eigenvalue weighted by Crippen LogP contribution is -2.25. The molecule has 4 heteroatoms. The lowest BCUT2D eigenvalue weighted by molar-refractivity contribution is 0.130. The zero-order valence-corrected chi connectivity index (χ0v) is 10.9. The average molecular weight is 306 g/mol. The molecule has 3 rings (SSSR count). The van der Waals surface area contributed by atoms with E-state index >= 15 is 0 Å². The van der Waals surface area contributed by atoms with Crippen molar-refractivity contribution in [2.45, 2.75) is 6.36 Å². The lowest BCUT2D eigenvalue weighted by atomic mass is 10.1. The molecule has 0 amide bonds. The third kappa shape index (κ3) is 2.04. The number of aliphatic imine (C=N–C) groups is 1. The van der Waals surface area contributed by atoms with Crippen LogP contribution in [0.4, 0.5) is 10.1 Å². The molecular weight excluding hydrogens is 297 g/mol. The minimum atomic E-state index is -1.53. The fourth-order valence-corrected chi connectivity index (χ4v) is 2.08. The molecule has 0 fully saturated rings. The fraction of sp³-hybridized carbons (Fsp3) is 0.0714. The van der Waals surface area contributed by atoms with Crippen molar-refractivity contribution in [3.05, 3.63) is 58.6 Å². The number of para-hydroxylation sites is 2. The van der Waals surface area contributed by atoms with Crippen molar-refractivity contribution in [1.82, 2.24) is 0 Å². The molecule has 1 unspecified atom stereocenters.